The number of benzene rings is 2. The van der Waals surface area contributed by atoms with E-state index in [1.54, 1.807) is 12.1 Å². The number of hydrogen-bond acceptors (Lipinski definition) is 4. The van der Waals surface area contributed by atoms with Crippen LogP contribution in [0.1, 0.15) is 5.69 Å². The minimum atomic E-state index is -0.248. The predicted octanol–water partition coefficient (Wildman–Crippen LogP) is 4.19. The Morgan fingerprint density at radius 1 is 0.935 bits per heavy atom. The molecule has 2 aliphatic heterocycles. The number of halogens is 1. The number of rotatable bonds is 3. The topological polar surface area (TPSA) is 46.0 Å². The molecule has 2 aromatic heterocycles. The van der Waals surface area contributed by atoms with E-state index >= 15 is 0 Å². The molecule has 0 spiro atoms. The highest BCUT2D eigenvalue weighted by Crippen LogP contribution is 2.35. The summed E-state index contributed by atoms with van der Waals surface area (Å²) in [6, 6.07) is 17.1. The van der Waals surface area contributed by atoms with Gasteiger partial charge in [-0.25, -0.2) is 9.37 Å². The van der Waals surface area contributed by atoms with Crippen molar-refractivity contribution in [1.82, 2.24) is 19.9 Å². The molecule has 5 nitrogen and oxygen atoms in total. The van der Waals surface area contributed by atoms with E-state index in [-0.39, 0.29) is 5.82 Å². The number of nitrogens with zero attached hydrogens (tertiary/aromatic N) is 4. The fourth-order valence-electron chi connectivity index (χ4n) is 5.05. The third kappa shape index (κ3) is 3.18. The number of hydrogen-bond donors (Lipinski definition) is 1. The van der Waals surface area contributed by atoms with Crippen molar-refractivity contribution in [1.29, 1.82) is 0 Å². The van der Waals surface area contributed by atoms with Gasteiger partial charge in [0, 0.05) is 49.3 Å². The number of anilines is 1. The molecule has 6 heteroatoms. The van der Waals surface area contributed by atoms with Gasteiger partial charge in [0.2, 0.25) is 0 Å². The predicted molar refractivity (Wildman–Crippen MR) is 121 cm³/mol. The van der Waals surface area contributed by atoms with E-state index in [2.05, 4.69) is 44.0 Å². The molecule has 2 saturated heterocycles. The van der Waals surface area contributed by atoms with Crippen LogP contribution in [0, 0.1) is 24.6 Å². The van der Waals surface area contributed by atoms with Crippen molar-refractivity contribution in [3.05, 3.63) is 72.3 Å². The zero-order chi connectivity index (χ0) is 20.9. The van der Waals surface area contributed by atoms with Crippen molar-refractivity contribution in [2.45, 2.75) is 6.92 Å². The Hall–Kier alpha value is -3.25. The summed E-state index contributed by atoms with van der Waals surface area (Å²) in [5, 5.41) is 3.51. The van der Waals surface area contributed by atoms with E-state index < -0.39 is 0 Å². The first-order chi connectivity index (χ1) is 15.2. The first kappa shape index (κ1) is 18.5. The van der Waals surface area contributed by atoms with Gasteiger partial charge in [-0.3, -0.25) is 9.55 Å². The molecule has 4 aromatic rings. The number of pyridine rings is 1. The SMILES string of the molecule is Cc1cc(-n2c(-c3ccc(F)cc3)nc3ccc(N4CC5CNCC5C4)cc32)ccn1. The molecule has 2 aromatic carbocycles. The zero-order valence-corrected chi connectivity index (χ0v) is 17.4. The number of nitrogens with one attached hydrogen (secondary N) is 1. The second-order valence-corrected chi connectivity index (χ2v) is 8.69. The smallest absolute Gasteiger partial charge is 0.145 e. The van der Waals surface area contributed by atoms with Crippen molar-refractivity contribution < 1.29 is 4.39 Å². The van der Waals surface area contributed by atoms with Gasteiger partial charge in [-0.2, -0.15) is 0 Å². The molecule has 2 aliphatic rings. The lowest BCUT2D eigenvalue weighted by Crippen LogP contribution is -2.25. The van der Waals surface area contributed by atoms with Gasteiger partial charge in [0.15, 0.2) is 0 Å². The molecule has 4 heterocycles. The Balaban J connectivity index is 1.51. The van der Waals surface area contributed by atoms with E-state index in [0.29, 0.717) is 0 Å². The van der Waals surface area contributed by atoms with Gasteiger partial charge < -0.3 is 10.2 Å². The van der Waals surface area contributed by atoms with Crippen LogP contribution in [-0.2, 0) is 0 Å². The molecule has 156 valence electrons. The van der Waals surface area contributed by atoms with Gasteiger partial charge in [-0.1, -0.05) is 0 Å². The fraction of sp³-hybridized carbons (Fsp3) is 0.280. The number of imidazole rings is 1. The number of aryl methyl sites for hydroxylation is 1. The van der Waals surface area contributed by atoms with Crippen LogP contribution in [0.15, 0.2) is 60.8 Å². The minimum Gasteiger partial charge on any atom is -0.371 e. The van der Waals surface area contributed by atoms with Crippen LogP contribution in [0.4, 0.5) is 10.1 Å². The summed E-state index contributed by atoms with van der Waals surface area (Å²) in [5.74, 6) is 2.03. The zero-order valence-electron chi connectivity index (χ0n) is 17.4. The highest BCUT2D eigenvalue weighted by Gasteiger charge is 2.36. The molecule has 31 heavy (non-hydrogen) atoms. The summed E-state index contributed by atoms with van der Waals surface area (Å²) in [6.45, 7) is 6.41. The summed E-state index contributed by atoms with van der Waals surface area (Å²) in [7, 11) is 0. The van der Waals surface area contributed by atoms with Crippen molar-refractivity contribution in [2.75, 3.05) is 31.1 Å². The number of aromatic nitrogens is 3. The third-order valence-electron chi connectivity index (χ3n) is 6.63. The van der Waals surface area contributed by atoms with Crippen molar-refractivity contribution in [3.63, 3.8) is 0 Å². The highest BCUT2D eigenvalue weighted by molar-refractivity contribution is 5.86. The van der Waals surface area contributed by atoms with Crippen LogP contribution in [0.25, 0.3) is 28.1 Å². The molecule has 0 saturated carbocycles. The van der Waals surface area contributed by atoms with E-state index in [4.69, 9.17) is 4.98 Å². The Labute approximate surface area is 180 Å². The van der Waals surface area contributed by atoms with Crippen molar-refractivity contribution in [2.24, 2.45) is 11.8 Å². The van der Waals surface area contributed by atoms with Crippen LogP contribution < -0.4 is 10.2 Å². The summed E-state index contributed by atoms with van der Waals surface area (Å²) in [5.41, 5.74) is 6.06. The maximum Gasteiger partial charge on any atom is 0.145 e. The van der Waals surface area contributed by atoms with Gasteiger partial charge >= 0.3 is 0 Å². The van der Waals surface area contributed by atoms with E-state index in [9.17, 15) is 4.39 Å². The van der Waals surface area contributed by atoms with Gasteiger partial charge in [-0.15, -0.1) is 0 Å². The molecule has 2 fully saturated rings. The molecule has 2 atom stereocenters. The molecule has 1 N–H and O–H groups in total. The van der Waals surface area contributed by atoms with E-state index in [1.165, 1.54) is 17.8 Å². The Morgan fingerprint density at radius 3 is 2.45 bits per heavy atom. The number of fused-ring (bicyclic) bond motifs is 2. The van der Waals surface area contributed by atoms with Crippen molar-refractivity contribution >= 4 is 16.7 Å². The minimum absolute atomic E-state index is 0.248. The molecule has 0 amide bonds. The normalized spacial score (nSPS) is 20.5. The lowest BCUT2D eigenvalue weighted by molar-refractivity contribution is 0.533. The van der Waals surface area contributed by atoms with Crippen LogP contribution in [-0.4, -0.2) is 40.7 Å². The maximum absolute atomic E-state index is 13.6. The summed E-state index contributed by atoms with van der Waals surface area (Å²) >= 11 is 0. The summed E-state index contributed by atoms with van der Waals surface area (Å²) in [6.07, 6.45) is 1.82. The molecule has 0 aliphatic carbocycles. The second-order valence-electron chi connectivity index (χ2n) is 8.69. The second kappa shape index (κ2) is 7.17. The van der Waals surface area contributed by atoms with Crippen LogP contribution in [0.3, 0.4) is 0 Å². The van der Waals surface area contributed by atoms with Gasteiger partial charge in [0.25, 0.3) is 0 Å². The first-order valence-corrected chi connectivity index (χ1v) is 10.8. The third-order valence-corrected chi connectivity index (χ3v) is 6.63. The molecule has 2 unspecified atom stereocenters. The lowest BCUT2D eigenvalue weighted by atomic mass is 10.0. The van der Waals surface area contributed by atoms with Crippen molar-refractivity contribution in [3.8, 4) is 17.1 Å². The average molecular weight is 414 g/mol. The van der Waals surface area contributed by atoms with Gasteiger partial charge in [0.05, 0.1) is 16.7 Å². The van der Waals surface area contributed by atoms with E-state index in [0.717, 1.165) is 71.8 Å². The largest absolute Gasteiger partial charge is 0.371 e. The molecule has 6 rings (SSSR count). The van der Waals surface area contributed by atoms with Crippen LogP contribution in [0.2, 0.25) is 0 Å². The summed E-state index contributed by atoms with van der Waals surface area (Å²) < 4.78 is 15.7. The highest BCUT2D eigenvalue weighted by atomic mass is 19.1. The van der Waals surface area contributed by atoms with Gasteiger partial charge in [0.1, 0.15) is 11.6 Å². The quantitative estimate of drug-likeness (QED) is 0.547. The first-order valence-electron chi connectivity index (χ1n) is 10.8. The Bertz CT molecular complexity index is 1250. The Morgan fingerprint density at radius 2 is 1.71 bits per heavy atom. The van der Waals surface area contributed by atoms with Crippen LogP contribution >= 0.6 is 0 Å². The Kier molecular flexibility index (Phi) is 4.28. The van der Waals surface area contributed by atoms with E-state index in [1.807, 2.05) is 19.2 Å². The molecular formula is C25H24FN5. The fourth-order valence-corrected chi connectivity index (χ4v) is 5.05. The summed E-state index contributed by atoms with van der Waals surface area (Å²) in [4.78, 5) is 11.8. The average Bonchev–Trinajstić information content (AvgIpc) is 3.47. The maximum atomic E-state index is 13.6. The monoisotopic (exact) mass is 413 g/mol. The lowest BCUT2D eigenvalue weighted by Gasteiger charge is -2.20. The molecule has 0 radical (unpaired) electrons. The standard InChI is InChI=1S/C25H24FN5/c1-16-10-22(8-9-28-16)31-24-11-21(30-14-18-12-27-13-19(18)15-30)6-7-23(24)29-25(31)17-2-4-20(26)5-3-17/h2-11,18-19,27H,12-15H2,1H3. The molecule has 0 bridgehead atoms. The molecular weight excluding hydrogens is 389 g/mol. The van der Waals surface area contributed by atoms with Crippen LogP contribution in [0.5, 0.6) is 0 Å². The van der Waals surface area contributed by atoms with Gasteiger partial charge in [-0.05, 0) is 73.4 Å².